The lowest BCUT2D eigenvalue weighted by Gasteiger charge is -2.13. The first-order valence-corrected chi connectivity index (χ1v) is 10.8. The normalized spacial score (nSPS) is 11.0. The van der Waals surface area contributed by atoms with Gasteiger partial charge in [0.25, 0.3) is 5.91 Å². The molecule has 1 heterocycles. The molecule has 1 N–H and O–H groups in total. The van der Waals surface area contributed by atoms with E-state index in [1.807, 2.05) is 37.3 Å². The monoisotopic (exact) mass is 472 g/mol. The second-order valence-corrected chi connectivity index (χ2v) is 9.12. The van der Waals surface area contributed by atoms with Gasteiger partial charge in [-0.05, 0) is 58.7 Å². The predicted molar refractivity (Wildman–Crippen MR) is 117 cm³/mol. The highest BCUT2D eigenvalue weighted by Gasteiger charge is 2.18. The Kier molecular flexibility index (Phi) is 5.48. The van der Waals surface area contributed by atoms with Crippen molar-refractivity contribution in [3.63, 3.8) is 0 Å². The van der Waals surface area contributed by atoms with Crippen LogP contribution in [-0.2, 0) is 0 Å². The molecule has 3 nitrogen and oxygen atoms in total. The highest BCUT2D eigenvalue weighted by molar-refractivity contribution is 9.10. The maximum absolute atomic E-state index is 14.9. The highest BCUT2D eigenvalue weighted by Crippen LogP contribution is 2.42. The number of benzene rings is 3. The van der Waals surface area contributed by atoms with E-state index in [9.17, 15) is 9.18 Å². The van der Waals surface area contributed by atoms with E-state index in [4.69, 9.17) is 0 Å². The number of hydrogen-bond acceptors (Lipinski definition) is 4. The third-order valence-electron chi connectivity index (χ3n) is 4.17. The number of para-hydroxylation sites is 1. The summed E-state index contributed by atoms with van der Waals surface area (Å²) in [5, 5.41) is 2.79. The minimum absolute atomic E-state index is 0.276. The van der Waals surface area contributed by atoms with Crippen LogP contribution < -0.4 is 5.32 Å². The zero-order chi connectivity index (χ0) is 19.7. The topological polar surface area (TPSA) is 42.0 Å². The first-order valence-electron chi connectivity index (χ1n) is 8.41. The molecule has 0 saturated heterocycles. The Labute approximate surface area is 178 Å². The Morgan fingerprint density at radius 1 is 1.14 bits per heavy atom. The molecule has 1 aromatic heterocycles. The summed E-state index contributed by atoms with van der Waals surface area (Å²) >= 11 is 6.29. The van der Waals surface area contributed by atoms with Crippen molar-refractivity contribution in [2.75, 3.05) is 5.32 Å². The van der Waals surface area contributed by atoms with Gasteiger partial charge in [-0.1, -0.05) is 42.1 Å². The Balaban J connectivity index is 1.63. The largest absolute Gasteiger partial charge is 0.322 e. The van der Waals surface area contributed by atoms with Crippen LogP contribution in [0.1, 0.15) is 15.9 Å². The van der Waals surface area contributed by atoms with Gasteiger partial charge >= 0.3 is 0 Å². The number of nitrogens with one attached hydrogen (secondary N) is 1. The number of aromatic nitrogens is 1. The number of carbonyl (C=O) groups excluding carboxylic acids is 1. The average Bonchev–Trinajstić information content (AvgIpc) is 3.12. The molecule has 140 valence electrons. The van der Waals surface area contributed by atoms with Crippen molar-refractivity contribution < 1.29 is 9.18 Å². The molecule has 0 aliphatic heterocycles. The molecule has 0 fully saturated rings. The number of carbonyl (C=O) groups is 1. The molecule has 0 spiro atoms. The molecule has 0 radical (unpaired) electrons. The molecule has 0 aliphatic rings. The molecule has 1 amide bonds. The molecular weight excluding hydrogens is 459 g/mol. The molecule has 0 unspecified atom stereocenters. The van der Waals surface area contributed by atoms with Crippen molar-refractivity contribution in [3.05, 3.63) is 82.1 Å². The minimum atomic E-state index is -0.412. The number of fused-ring (bicyclic) bond motifs is 1. The summed E-state index contributed by atoms with van der Waals surface area (Å²) in [7, 11) is 0. The first-order chi connectivity index (χ1) is 13.5. The number of hydrogen-bond donors (Lipinski definition) is 1. The van der Waals surface area contributed by atoms with Gasteiger partial charge in [-0.3, -0.25) is 4.79 Å². The lowest BCUT2D eigenvalue weighted by molar-refractivity contribution is 0.102. The van der Waals surface area contributed by atoms with Gasteiger partial charge in [-0.25, -0.2) is 9.37 Å². The molecule has 0 aliphatic carbocycles. The van der Waals surface area contributed by atoms with Crippen molar-refractivity contribution in [2.45, 2.75) is 16.2 Å². The van der Waals surface area contributed by atoms with Crippen LogP contribution in [0.15, 0.2) is 74.4 Å². The van der Waals surface area contributed by atoms with Crippen LogP contribution in [0, 0.1) is 12.7 Å². The van der Waals surface area contributed by atoms with E-state index in [-0.39, 0.29) is 5.91 Å². The average molecular weight is 473 g/mol. The maximum atomic E-state index is 14.9. The molecular formula is C21H14BrFN2OS2. The molecule has 0 bridgehead atoms. The summed E-state index contributed by atoms with van der Waals surface area (Å²) in [6, 6.07) is 18.0. The Morgan fingerprint density at radius 3 is 2.61 bits per heavy atom. The molecule has 3 aromatic carbocycles. The minimum Gasteiger partial charge on any atom is -0.322 e. The van der Waals surface area contributed by atoms with Gasteiger partial charge < -0.3 is 5.32 Å². The molecule has 7 heteroatoms. The predicted octanol–water partition coefficient (Wildman–Crippen LogP) is 6.91. The molecule has 4 aromatic rings. The second-order valence-electron chi connectivity index (χ2n) is 6.04. The van der Waals surface area contributed by atoms with Crippen LogP contribution in [0.4, 0.5) is 10.1 Å². The fourth-order valence-corrected chi connectivity index (χ4v) is 5.43. The summed E-state index contributed by atoms with van der Waals surface area (Å²) in [4.78, 5) is 17.4. The summed E-state index contributed by atoms with van der Waals surface area (Å²) in [5.74, 6) is -0.688. The van der Waals surface area contributed by atoms with Crippen molar-refractivity contribution in [1.82, 2.24) is 4.98 Å². The van der Waals surface area contributed by atoms with E-state index < -0.39 is 5.82 Å². The number of amides is 1. The molecule has 0 atom stereocenters. The highest BCUT2D eigenvalue weighted by atomic mass is 79.9. The first kappa shape index (κ1) is 19.1. The summed E-state index contributed by atoms with van der Waals surface area (Å²) < 4.78 is 17.3. The van der Waals surface area contributed by atoms with Crippen LogP contribution in [-0.4, -0.2) is 10.9 Å². The van der Waals surface area contributed by atoms with E-state index in [0.717, 1.165) is 20.1 Å². The van der Waals surface area contributed by atoms with Crippen LogP contribution in [0.2, 0.25) is 0 Å². The van der Waals surface area contributed by atoms with Gasteiger partial charge in [0.1, 0.15) is 5.82 Å². The van der Waals surface area contributed by atoms with Crippen LogP contribution >= 0.6 is 39.0 Å². The Hall–Kier alpha value is -2.22. The summed E-state index contributed by atoms with van der Waals surface area (Å²) in [6.45, 7) is 1.84. The van der Waals surface area contributed by atoms with Gasteiger partial charge in [-0.15, -0.1) is 11.3 Å². The van der Waals surface area contributed by atoms with Crippen molar-refractivity contribution in [3.8, 4) is 0 Å². The number of anilines is 1. The second kappa shape index (κ2) is 8.03. The third-order valence-corrected chi connectivity index (χ3v) is 7.62. The molecule has 4 rings (SSSR count). The quantitative estimate of drug-likeness (QED) is 0.350. The fourth-order valence-electron chi connectivity index (χ4n) is 2.68. The van der Waals surface area contributed by atoms with E-state index in [2.05, 4.69) is 26.2 Å². The lowest BCUT2D eigenvalue weighted by atomic mass is 10.1. The lowest BCUT2D eigenvalue weighted by Crippen LogP contribution is -2.13. The zero-order valence-corrected chi connectivity index (χ0v) is 17.9. The van der Waals surface area contributed by atoms with Gasteiger partial charge in [0.15, 0.2) is 4.34 Å². The van der Waals surface area contributed by atoms with E-state index in [1.165, 1.54) is 29.2 Å². The Bertz CT molecular complexity index is 1140. The van der Waals surface area contributed by atoms with Gasteiger partial charge in [0.2, 0.25) is 0 Å². The van der Waals surface area contributed by atoms with Crippen molar-refractivity contribution in [2.24, 2.45) is 0 Å². The summed E-state index contributed by atoms with van der Waals surface area (Å²) in [6.07, 6.45) is 0. The Morgan fingerprint density at radius 2 is 1.86 bits per heavy atom. The van der Waals surface area contributed by atoms with Crippen molar-refractivity contribution >= 4 is 60.8 Å². The van der Waals surface area contributed by atoms with Gasteiger partial charge in [0.05, 0.1) is 15.1 Å². The van der Waals surface area contributed by atoms with E-state index >= 15 is 0 Å². The molecule has 0 saturated carbocycles. The van der Waals surface area contributed by atoms with Gasteiger partial charge in [0, 0.05) is 15.7 Å². The van der Waals surface area contributed by atoms with E-state index in [0.29, 0.717) is 20.6 Å². The van der Waals surface area contributed by atoms with Crippen LogP contribution in [0.5, 0.6) is 0 Å². The number of rotatable bonds is 4. The third kappa shape index (κ3) is 3.83. The number of thiazole rings is 1. The van der Waals surface area contributed by atoms with Crippen molar-refractivity contribution in [1.29, 1.82) is 0 Å². The SMILES string of the molecule is Cc1c(NC(=O)c2ccccc2)cc(F)c(Sc2nc3ccccc3s2)c1Br. The van der Waals surface area contributed by atoms with Gasteiger partial charge in [-0.2, -0.15) is 0 Å². The summed E-state index contributed by atoms with van der Waals surface area (Å²) in [5.41, 5.74) is 2.61. The standard InChI is InChI=1S/C21H14BrFN2OS2/c1-12-16(24-20(26)13-7-3-2-4-8-13)11-14(23)19(18(12)22)28-21-25-15-9-5-6-10-17(15)27-21/h2-11H,1H3,(H,24,26). The fraction of sp³-hybridized carbons (Fsp3) is 0.0476. The molecule has 28 heavy (non-hydrogen) atoms. The number of halogens is 2. The maximum Gasteiger partial charge on any atom is 0.255 e. The smallest absolute Gasteiger partial charge is 0.255 e. The van der Waals surface area contributed by atoms with E-state index in [1.54, 1.807) is 24.3 Å². The number of nitrogens with zero attached hydrogens (tertiary/aromatic N) is 1. The van der Waals surface area contributed by atoms with Crippen LogP contribution in [0.25, 0.3) is 10.2 Å². The zero-order valence-electron chi connectivity index (χ0n) is 14.7. The van der Waals surface area contributed by atoms with Crippen LogP contribution in [0.3, 0.4) is 0 Å².